The number of hydrogen-bond donors (Lipinski definition) is 2. The van der Waals surface area contributed by atoms with Crippen molar-refractivity contribution in [3.8, 4) is 22.9 Å². The van der Waals surface area contributed by atoms with Gasteiger partial charge in [-0.1, -0.05) is 17.3 Å². The topological polar surface area (TPSA) is 101 Å². The molecular weight excluding hydrogens is 440 g/mol. The molecule has 2 aromatic carbocycles. The Morgan fingerprint density at radius 1 is 1.30 bits per heavy atom. The second-order valence-electron chi connectivity index (χ2n) is 7.36. The van der Waals surface area contributed by atoms with Crippen molar-refractivity contribution < 1.29 is 19.2 Å². The number of aromatic hydroxyl groups is 1. The van der Waals surface area contributed by atoms with Crippen molar-refractivity contribution in [3.63, 3.8) is 0 Å². The van der Waals surface area contributed by atoms with E-state index >= 15 is 0 Å². The molecule has 1 aliphatic heterocycles. The number of aromatic nitrogens is 2. The van der Waals surface area contributed by atoms with Crippen molar-refractivity contribution in [1.82, 2.24) is 20.4 Å². The van der Waals surface area contributed by atoms with Gasteiger partial charge in [-0.3, -0.25) is 4.90 Å². The molecule has 0 spiro atoms. The largest absolute Gasteiger partial charge is 0.504 e. The molecule has 0 bridgehead atoms. The first-order valence-electron chi connectivity index (χ1n) is 10.2. The van der Waals surface area contributed by atoms with Crippen LogP contribution in [0.5, 0.6) is 11.5 Å². The van der Waals surface area contributed by atoms with Crippen LogP contribution in [-0.4, -0.2) is 46.1 Å². The number of allylic oxidation sites excluding steroid dienone is 1. The second-order valence-corrected chi connectivity index (χ2v) is 8.24. The second kappa shape index (κ2) is 9.41. The minimum absolute atomic E-state index is 0.0325. The van der Waals surface area contributed by atoms with Gasteiger partial charge >= 0.3 is 6.03 Å². The number of amides is 2. The van der Waals surface area contributed by atoms with Gasteiger partial charge in [-0.2, -0.15) is 4.98 Å². The molecule has 1 aromatic heterocycles. The van der Waals surface area contributed by atoms with Crippen LogP contribution in [0.25, 0.3) is 17.0 Å². The van der Waals surface area contributed by atoms with Crippen molar-refractivity contribution in [2.45, 2.75) is 17.9 Å². The number of hydrogen-bond acceptors (Lipinski definition) is 7. The number of carbonyl (C=O) groups is 1. The summed E-state index contributed by atoms with van der Waals surface area (Å²) in [6.45, 7) is 5.89. The molecule has 1 atom stereocenters. The highest BCUT2D eigenvalue weighted by molar-refractivity contribution is 7.98. The van der Waals surface area contributed by atoms with Gasteiger partial charge in [-0.25, -0.2) is 4.79 Å². The summed E-state index contributed by atoms with van der Waals surface area (Å²) in [5.41, 5.74) is 2.77. The summed E-state index contributed by atoms with van der Waals surface area (Å²) >= 11 is 1.65. The number of carbonyl (C=O) groups excluding carboxylic acids is 1. The van der Waals surface area contributed by atoms with Crippen LogP contribution in [0.15, 0.2) is 70.2 Å². The maximum Gasteiger partial charge on any atom is 0.322 e. The van der Waals surface area contributed by atoms with Gasteiger partial charge in [0.25, 0.3) is 5.89 Å². The van der Waals surface area contributed by atoms with Gasteiger partial charge in [0.15, 0.2) is 11.5 Å². The summed E-state index contributed by atoms with van der Waals surface area (Å²) in [4.78, 5) is 20.1. The molecule has 0 radical (unpaired) electrons. The molecule has 8 nitrogen and oxygen atoms in total. The third kappa shape index (κ3) is 4.31. The van der Waals surface area contributed by atoms with E-state index in [0.29, 0.717) is 35.0 Å². The zero-order valence-corrected chi connectivity index (χ0v) is 19.3. The SMILES string of the molecule is C=CCN1C(=O)NC(c2ccc(OC)c(O)c2)C(c2nc(-c3ccc(SC)cc3)no2)=C1C. The fourth-order valence-corrected chi connectivity index (χ4v) is 4.14. The predicted octanol–water partition coefficient (Wildman–Crippen LogP) is 4.86. The smallest absolute Gasteiger partial charge is 0.322 e. The molecule has 2 amide bonds. The fraction of sp³-hybridized carbons (Fsp3) is 0.208. The third-order valence-electron chi connectivity index (χ3n) is 5.45. The normalized spacial score (nSPS) is 16.0. The molecule has 0 aliphatic carbocycles. The predicted molar refractivity (Wildman–Crippen MR) is 127 cm³/mol. The summed E-state index contributed by atoms with van der Waals surface area (Å²) in [7, 11) is 1.48. The van der Waals surface area contributed by atoms with Crippen molar-refractivity contribution in [2.75, 3.05) is 19.9 Å². The van der Waals surface area contributed by atoms with E-state index in [-0.39, 0.29) is 17.7 Å². The van der Waals surface area contributed by atoms with E-state index in [1.165, 1.54) is 7.11 Å². The van der Waals surface area contributed by atoms with Gasteiger partial charge in [0.1, 0.15) is 0 Å². The van der Waals surface area contributed by atoms with Gasteiger partial charge in [0, 0.05) is 22.7 Å². The van der Waals surface area contributed by atoms with Crippen LogP contribution in [-0.2, 0) is 0 Å². The molecule has 0 saturated carbocycles. The number of rotatable bonds is 7. The molecule has 1 aliphatic rings. The Kier molecular flexibility index (Phi) is 6.41. The average molecular weight is 465 g/mol. The highest BCUT2D eigenvalue weighted by Gasteiger charge is 2.35. The number of methoxy groups -OCH3 is 1. The maximum absolute atomic E-state index is 12.8. The monoisotopic (exact) mass is 464 g/mol. The van der Waals surface area contributed by atoms with Crippen molar-refractivity contribution >= 4 is 23.4 Å². The Bertz CT molecular complexity index is 1220. The molecule has 9 heteroatoms. The Hall–Kier alpha value is -3.72. The highest BCUT2D eigenvalue weighted by atomic mass is 32.2. The number of urea groups is 1. The van der Waals surface area contributed by atoms with Gasteiger partial charge in [0.2, 0.25) is 5.82 Å². The number of ether oxygens (including phenoxy) is 1. The Morgan fingerprint density at radius 2 is 2.06 bits per heavy atom. The maximum atomic E-state index is 12.8. The molecule has 0 saturated heterocycles. The van der Waals surface area contributed by atoms with Crippen LogP contribution in [0, 0.1) is 0 Å². The molecule has 2 N–H and O–H groups in total. The van der Waals surface area contributed by atoms with Crippen LogP contribution >= 0.6 is 11.8 Å². The van der Waals surface area contributed by atoms with Crippen LogP contribution in [0.2, 0.25) is 0 Å². The molecule has 0 fully saturated rings. The summed E-state index contributed by atoms with van der Waals surface area (Å²) in [5, 5.41) is 17.5. The first-order chi connectivity index (χ1) is 16.0. The van der Waals surface area contributed by atoms with Crippen molar-refractivity contribution in [3.05, 3.63) is 72.3 Å². The molecule has 3 aromatic rings. The Morgan fingerprint density at radius 3 is 2.70 bits per heavy atom. The zero-order chi connectivity index (χ0) is 23.5. The number of phenols is 1. The van der Waals surface area contributed by atoms with E-state index in [2.05, 4.69) is 22.0 Å². The summed E-state index contributed by atoms with van der Waals surface area (Å²) in [5.74, 6) is 1.03. The van der Waals surface area contributed by atoms with Gasteiger partial charge < -0.3 is 19.7 Å². The van der Waals surface area contributed by atoms with Crippen LogP contribution < -0.4 is 10.1 Å². The first kappa shape index (κ1) is 22.5. The number of thioether (sulfide) groups is 1. The minimum atomic E-state index is -0.609. The minimum Gasteiger partial charge on any atom is -0.504 e. The zero-order valence-electron chi connectivity index (χ0n) is 18.5. The van der Waals surface area contributed by atoms with E-state index in [9.17, 15) is 9.90 Å². The summed E-state index contributed by atoms with van der Waals surface area (Å²) in [6, 6.07) is 11.9. The molecule has 170 valence electrons. The van der Waals surface area contributed by atoms with Crippen LogP contribution in [0.4, 0.5) is 4.79 Å². The summed E-state index contributed by atoms with van der Waals surface area (Å²) < 4.78 is 10.8. The number of nitrogens with zero attached hydrogens (tertiary/aromatic N) is 3. The van der Waals surface area contributed by atoms with E-state index in [1.54, 1.807) is 40.9 Å². The van der Waals surface area contributed by atoms with E-state index in [1.807, 2.05) is 37.4 Å². The van der Waals surface area contributed by atoms with E-state index in [0.717, 1.165) is 10.5 Å². The lowest BCUT2D eigenvalue weighted by molar-refractivity contribution is 0.209. The Balaban J connectivity index is 1.80. The van der Waals surface area contributed by atoms with E-state index < -0.39 is 6.04 Å². The Labute approximate surface area is 195 Å². The third-order valence-corrected chi connectivity index (χ3v) is 6.19. The van der Waals surface area contributed by atoms with Gasteiger partial charge in [-0.15, -0.1) is 18.3 Å². The first-order valence-corrected chi connectivity index (χ1v) is 11.4. The quantitative estimate of drug-likeness (QED) is 0.380. The van der Waals surface area contributed by atoms with Gasteiger partial charge in [0.05, 0.1) is 18.7 Å². The molecule has 2 heterocycles. The average Bonchev–Trinajstić information content (AvgIpc) is 3.31. The van der Waals surface area contributed by atoms with E-state index in [4.69, 9.17) is 9.26 Å². The summed E-state index contributed by atoms with van der Waals surface area (Å²) in [6.07, 6.45) is 3.66. The van der Waals surface area contributed by atoms with Crippen molar-refractivity contribution in [2.24, 2.45) is 0 Å². The van der Waals surface area contributed by atoms with Crippen LogP contribution in [0.3, 0.4) is 0 Å². The van der Waals surface area contributed by atoms with Crippen molar-refractivity contribution in [1.29, 1.82) is 0 Å². The standard InChI is InChI=1S/C24H24N4O4S/c1-5-12-28-14(2)20(21(25-24(28)30)16-8-11-19(31-3)18(29)13-16)23-26-22(27-32-23)15-6-9-17(33-4)10-7-15/h5-11,13,21,29H,1,12H2,2-4H3,(H,25,30). The highest BCUT2D eigenvalue weighted by Crippen LogP contribution is 2.39. The molecular formula is C24H24N4O4S. The number of phenolic OH excluding ortho intramolecular Hbond substituents is 1. The fourth-order valence-electron chi connectivity index (χ4n) is 3.73. The molecule has 4 rings (SSSR count). The lowest BCUT2D eigenvalue weighted by Crippen LogP contribution is -2.46. The molecule has 1 unspecified atom stereocenters. The lowest BCUT2D eigenvalue weighted by atomic mass is 9.94. The number of nitrogens with one attached hydrogen (secondary N) is 1. The van der Waals surface area contributed by atoms with Gasteiger partial charge in [-0.05, 0) is 55.1 Å². The molecule has 33 heavy (non-hydrogen) atoms. The lowest BCUT2D eigenvalue weighted by Gasteiger charge is -2.34. The van der Waals surface area contributed by atoms with Crippen LogP contribution in [0.1, 0.15) is 24.4 Å². The number of benzene rings is 2.